The van der Waals surface area contributed by atoms with Gasteiger partial charge in [-0.2, -0.15) is 11.3 Å². The normalized spacial score (nSPS) is 45.8. The first-order chi connectivity index (χ1) is 13.4. The van der Waals surface area contributed by atoms with Crippen molar-refractivity contribution in [2.45, 2.75) is 71.3 Å². The van der Waals surface area contributed by atoms with Gasteiger partial charge in [-0.25, -0.2) is 0 Å². The van der Waals surface area contributed by atoms with E-state index >= 15 is 0 Å². The minimum atomic E-state index is 0.345. The van der Waals surface area contributed by atoms with Crippen LogP contribution in [0.2, 0.25) is 0 Å². The highest BCUT2D eigenvalue weighted by Crippen LogP contribution is 2.66. The minimum absolute atomic E-state index is 0.345. The third-order valence-corrected chi connectivity index (χ3v) is 10.4. The Hall–Kier alpha value is -1.09. The van der Waals surface area contributed by atoms with Crippen molar-refractivity contribution in [3.8, 4) is 0 Å². The Balaban J connectivity index is 1.38. The second-order valence-electron chi connectivity index (χ2n) is 10.6. The summed E-state index contributed by atoms with van der Waals surface area (Å²) < 4.78 is 0. The summed E-state index contributed by atoms with van der Waals surface area (Å²) in [5, 5.41) is 4.43. The summed E-state index contributed by atoms with van der Waals surface area (Å²) in [6, 6.07) is 2.71. The van der Waals surface area contributed by atoms with E-state index in [1.807, 2.05) is 0 Å². The summed E-state index contributed by atoms with van der Waals surface area (Å²) in [5.74, 6) is 3.69. The van der Waals surface area contributed by atoms with Crippen LogP contribution in [0.15, 0.2) is 22.9 Å². The van der Waals surface area contributed by atoms with Crippen LogP contribution in [-0.4, -0.2) is 23.9 Å². The van der Waals surface area contributed by atoms with Crippen molar-refractivity contribution in [1.82, 2.24) is 4.90 Å². The molecule has 0 aromatic carbocycles. The van der Waals surface area contributed by atoms with E-state index in [4.69, 9.17) is 0 Å². The number of allylic oxidation sites excluding steroid dienone is 1. The lowest BCUT2D eigenvalue weighted by Crippen LogP contribution is -2.61. The van der Waals surface area contributed by atoms with Gasteiger partial charge < -0.3 is 4.90 Å². The molecule has 0 N–H and O–H groups in total. The maximum atomic E-state index is 12.3. The number of amides is 1. The topological polar surface area (TPSA) is 20.3 Å². The van der Waals surface area contributed by atoms with Crippen molar-refractivity contribution in [1.29, 1.82) is 0 Å². The molecule has 0 spiro atoms. The Bertz CT molecular complexity index is 770. The average Bonchev–Trinajstić information content (AvgIpc) is 3.30. The van der Waals surface area contributed by atoms with Gasteiger partial charge in [0.25, 0.3) is 0 Å². The first-order valence-electron chi connectivity index (χ1n) is 11.4. The number of hydrogen-bond donors (Lipinski definition) is 0. The number of thiophene rings is 1. The Kier molecular flexibility index (Phi) is 4.54. The molecule has 5 rings (SSSR count). The highest BCUT2D eigenvalue weighted by atomic mass is 32.1. The molecule has 1 saturated heterocycles. The number of nitrogens with zero attached hydrogens (tertiary/aromatic N) is 1. The molecule has 7 atom stereocenters. The zero-order valence-electron chi connectivity index (χ0n) is 17.7. The highest BCUT2D eigenvalue weighted by Gasteiger charge is 2.60. The third-order valence-electron chi connectivity index (χ3n) is 9.69. The fourth-order valence-corrected chi connectivity index (χ4v) is 8.73. The average molecular weight is 398 g/mol. The molecule has 1 amide bonds. The molecule has 0 unspecified atom stereocenters. The second kappa shape index (κ2) is 6.72. The number of hydrogen-bond acceptors (Lipinski definition) is 2. The van der Waals surface area contributed by atoms with Gasteiger partial charge in [0.05, 0.1) is 0 Å². The van der Waals surface area contributed by atoms with Crippen LogP contribution in [0.25, 0.3) is 6.08 Å². The van der Waals surface area contributed by atoms with E-state index in [0.29, 0.717) is 22.8 Å². The number of carbonyl (C=O) groups excluding carboxylic acids is 1. The van der Waals surface area contributed by atoms with Gasteiger partial charge >= 0.3 is 0 Å². The van der Waals surface area contributed by atoms with Crippen LogP contribution >= 0.6 is 11.3 Å². The molecule has 1 aromatic rings. The lowest BCUT2D eigenvalue weighted by Gasteiger charge is -2.61. The maximum absolute atomic E-state index is 12.3. The number of likely N-dealkylation sites (tertiary alicyclic amines) is 1. The van der Waals surface area contributed by atoms with Crippen LogP contribution in [0.3, 0.4) is 0 Å². The predicted octanol–water partition coefficient (Wildman–Crippen LogP) is 6.24. The molecule has 3 saturated carbocycles. The molecule has 0 bridgehead atoms. The number of piperidine rings is 1. The molecular weight excluding hydrogens is 362 g/mol. The van der Waals surface area contributed by atoms with E-state index in [1.165, 1.54) is 44.1 Å². The van der Waals surface area contributed by atoms with E-state index in [1.54, 1.807) is 11.3 Å². The molecule has 3 aliphatic carbocycles. The number of fused-ring (bicyclic) bond motifs is 5. The van der Waals surface area contributed by atoms with Gasteiger partial charge in [-0.3, -0.25) is 4.79 Å². The smallest absolute Gasteiger partial charge is 0.222 e. The molecule has 4 aliphatic rings. The van der Waals surface area contributed by atoms with E-state index in [-0.39, 0.29) is 0 Å². The molecule has 1 aromatic heterocycles. The Morgan fingerprint density at radius 3 is 2.68 bits per heavy atom. The summed E-state index contributed by atoms with van der Waals surface area (Å²) in [4.78, 5) is 14.4. The highest BCUT2D eigenvalue weighted by molar-refractivity contribution is 7.08. The molecule has 2 heterocycles. The fraction of sp³-hybridized carbons (Fsp3) is 0.720. The van der Waals surface area contributed by atoms with Gasteiger partial charge in [-0.05, 0) is 102 Å². The van der Waals surface area contributed by atoms with Crippen molar-refractivity contribution >= 4 is 23.3 Å². The Morgan fingerprint density at radius 2 is 1.89 bits per heavy atom. The number of carbonyl (C=O) groups is 1. The van der Waals surface area contributed by atoms with Crippen LogP contribution in [0, 0.1) is 34.5 Å². The summed E-state index contributed by atoms with van der Waals surface area (Å²) in [6.45, 7) is 5.14. The molecule has 2 nitrogen and oxygen atoms in total. The molecule has 0 radical (unpaired) electrons. The van der Waals surface area contributed by atoms with Crippen LogP contribution in [0.5, 0.6) is 0 Å². The monoisotopic (exact) mass is 397 g/mol. The quantitative estimate of drug-likeness (QED) is 0.578. The first-order valence-corrected chi connectivity index (χ1v) is 12.3. The van der Waals surface area contributed by atoms with E-state index < -0.39 is 0 Å². The van der Waals surface area contributed by atoms with E-state index in [9.17, 15) is 4.79 Å². The summed E-state index contributed by atoms with van der Waals surface area (Å²) in [6.07, 6.45) is 14.9. The maximum Gasteiger partial charge on any atom is 0.222 e. The molecule has 28 heavy (non-hydrogen) atoms. The second-order valence-corrected chi connectivity index (χ2v) is 11.4. The molecule has 4 fully saturated rings. The van der Waals surface area contributed by atoms with Crippen molar-refractivity contribution < 1.29 is 4.79 Å². The van der Waals surface area contributed by atoms with Crippen molar-refractivity contribution in [2.24, 2.45) is 34.5 Å². The van der Waals surface area contributed by atoms with Crippen molar-refractivity contribution in [3.05, 3.63) is 28.5 Å². The van der Waals surface area contributed by atoms with Gasteiger partial charge in [0.15, 0.2) is 0 Å². The third kappa shape index (κ3) is 2.68. The van der Waals surface area contributed by atoms with Crippen molar-refractivity contribution in [3.63, 3.8) is 0 Å². The van der Waals surface area contributed by atoms with Crippen LogP contribution in [0.1, 0.15) is 70.8 Å². The Morgan fingerprint density at radius 1 is 1.07 bits per heavy atom. The fourth-order valence-electron chi connectivity index (χ4n) is 8.10. The molecule has 3 heteroatoms. The zero-order chi connectivity index (χ0) is 19.5. The SMILES string of the molecule is CN1C(=O)CC[C@]2(C)[C@H]3CC[C@]4(C)[C@@H](/C=C\c5ccsc5)CC[C@H]4[C@@H]3CC[C@@H]12. The summed E-state index contributed by atoms with van der Waals surface area (Å²) >= 11 is 1.79. The molecular formula is C25H35NOS. The van der Waals surface area contributed by atoms with Gasteiger partial charge in [0.1, 0.15) is 0 Å². The molecule has 1 aliphatic heterocycles. The van der Waals surface area contributed by atoms with Crippen molar-refractivity contribution in [2.75, 3.05) is 7.05 Å². The van der Waals surface area contributed by atoms with E-state index in [0.717, 1.165) is 36.5 Å². The number of rotatable bonds is 2. The van der Waals surface area contributed by atoms with Crippen LogP contribution < -0.4 is 0 Å². The lowest BCUT2D eigenvalue weighted by molar-refractivity contribution is -0.157. The molecule has 152 valence electrons. The first kappa shape index (κ1) is 18.9. The zero-order valence-corrected chi connectivity index (χ0v) is 18.5. The minimum Gasteiger partial charge on any atom is -0.342 e. The standard InChI is InChI=1S/C25H35NOS/c1-24-13-10-21-19(7-9-22-25(21,2)14-11-23(27)26(22)3)20(24)8-6-18(24)5-4-17-12-15-28-16-17/h4-5,12,15-16,18-22H,6-11,13-14H2,1-3H3/b5-4-/t18-,19-,20-,21-,22+,24+,25+/m0/s1. The van der Waals surface area contributed by atoms with E-state index in [2.05, 4.69) is 54.8 Å². The largest absolute Gasteiger partial charge is 0.342 e. The van der Waals surface area contributed by atoms with Gasteiger partial charge in [0, 0.05) is 19.5 Å². The van der Waals surface area contributed by atoms with Gasteiger partial charge in [0.2, 0.25) is 5.91 Å². The van der Waals surface area contributed by atoms with Gasteiger partial charge in [-0.1, -0.05) is 26.0 Å². The lowest BCUT2D eigenvalue weighted by atomic mass is 9.47. The van der Waals surface area contributed by atoms with Crippen LogP contribution in [-0.2, 0) is 4.79 Å². The van der Waals surface area contributed by atoms with Crippen LogP contribution in [0.4, 0.5) is 0 Å². The summed E-state index contributed by atoms with van der Waals surface area (Å²) in [7, 11) is 2.07. The predicted molar refractivity (Wildman–Crippen MR) is 117 cm³/mol. The Labute approximate surface area is 174 Å². The summed E-state index contributed by atoms with van der Waals surface area (Å²) in [5.41, 5.74) is 2.19. The van der Waals surface area contributed by atoms with Gasteiger partial charge in [-0.15, -0.1) is 0 Å².